The monoisotopic (exact) mass is 387 g/mol. The number of hydrazone groups is 1. The molecule has 2 amide bonds. The van der Waals surface area contributed by atoms with Gasteiger partial charge in [-0.1, -0.05) is 101 Å². The molecule has 0 atom stereocenters. The zero-order chi connectivity index (χ0) is 20.3. The Morgan fingerprint density at radius 2 is 1.39 bits per heavy atom. The van der Waals surface area contributed by atoms with E-state index in [2.05, 4.69) is 22.8 Å². The summed E-state index contributed by atoms with van der Waals surface area (Å²) in [5.41, 5.74) is 3.32. The van der Waals surface area contributed by atoms with Crippen molar-refractivity contribution < 1.29 is 9.59 Å². The van der Waals surface area contributed by atoms with Crippen LogP contribution in [0.5, 0.6) is 0 Å². The lowest BCUT2D eigenvalue weighted by atomic mass is 10.1. The van der Waals surface area contributed by atoms with Crippen molar-refractivity contribution in [1.29, 1.82) is 0 Å². The molecule has 0 unspecified atom stereocenters. The van der Waals surface area contributed by atoms with Crippen LogP contribution < -0.4 is 10.7 Å². The zero-order valence-electron chi connectivity index (χ0n) is 17.4. The third-order valence-electron chi connectivity index (χ3n) is 4.66. The highest BCUT2D eigenvalue weighted by Gasteiger charge is 2.04. The molecule has 5 heteroatoms. The highest BCUT2D eigenvalue weighted by Crippen LogP contribution is 2.11. The highest BCUT2D eigenvalue weighted by atomic mass is 16.2. The van der Waals surface area contributed by atoms with Gasteiger partial charge in [-0.15, -0.1) is 0 Å². The smallest absolute Gasteiger partial charge is 0.259 e. The van der Waals surface area contributed by atoms with E-state index in [0.717, 1.165) is 18.4 Å². The third kappa shape index (κ3) is 14.0. The molecule has 1 aromatic rings. The Balaban J connectivity index is 1.92. The average Bonchev–Trinajstić information content (AvgIpc) is 2.71. The van der Waals surface area contributed by atoms with E-state index in [0.29, 0.717) is 6.42 Å². The first kappa shape index (κ1) is 23.9. The maximum Gasteiger partial charge on any atom is 0.259 e. The number of rotatable bonds is 16. The minimum atomic E-state index is -0.320. The summed E-state index contributed by atoms with van der Waals surface area (Å²) in [5, 5.41) is 6.52. The predicted molar refractivity (Wildman–Crippen MR) is 116 cm³/mol. The molecule has 0 saturated carbocycles. The summed E-state index contributed by atoms with van der Waals surface area (Å²) in [6.45, 7) is 2.21. The van der Waals surface area contributed by atoms with E-state index in [1.54, 1.807) is 6.21 Å². The van der Waals surface area contributed by atoms with Gasteiger partial charge in [0.1, 0.15) is 0 Å². The first-order valence-corrected chi connectivity index (χ1v) is 10.9. The predicted octanol–water partition coefficient (Wildman–Crippen LogP) is 4.95. The minimum Gasteiger partial charge on any atom is -0.347 e. The molecule has 156 valence electrons. The number of amides is 2. The lowest BCUT2D eigenvalue weighted by molar-refractivity contribution is -0.126. The number of unbranched alkanes of at least 4 members (excludes halogenated alkanes) is 10. The standard InChI is InChI=1S/C23H37N3O2/c1-2-3-4-5-6-7-8-9-10-11-15-18-22(27)24-20-23(28)26-25-19-21-16-13-12-14-17-21/h12-14,16-17,19H,2-11,15,18,20H2,1H3,(H,24,27)(H,26,28)/b25-19-. The largest absolute Gasteiger partial charge is 0.347 e. The molecule has 2 N–H and O–H groups in total. The third-order valence-corrected chi connectivity index (χ3v) is 4.66. The van der Waals surface area contributed by atoms with Crippen molar-refractivity contribution in [3.63, 3.8) is 0 Å². The van der Waals surface area contributed by atoms with Gasteiger partial charge < -0.3 is 5.32 Å². The van der Waals surface area contributed by atoms with Crippen molar-refractivity contribution in [2.45, 2.75) is 84.0 Å². The SMILES string of the molecule is CCCCCCCCCCCCCC(=O)NCC(=O)N/N=C\c1ccccc1. The van der Waals surface area contributed by atoms with E-state index >= 15 is 0 Å². The lowest BCUT2D eigenvalue weighted by Gasteiger charge is -2.05. The molecule has 0 aliphatic heterocycles. The van der Waals surface area contributed by atoms with Gasteiger partial charge in [-0.3, -0.25) is 9.59 Å². The second-order valence-corrected chi connectivity index (χ2v) is 7.27. The molecule has 0 radical (unpaired) electrons. The van der Waals surface area contributed by atoms with Crippen LogP contribution in [0.2, 0.25) is 0 Å². The quantitative estimate of drug-likeness (QED) is 0.239. The van der Waals surface area contributed by atoms with E-state index in [-0.39, 0.29) is 18.4 Å². The molecule has 0 heterocycles. The van der Waals surface area contributed by atoms with Gasteiger partial charge in [-0.25, -0.2) is 5.43 Å². The first-order valence-electron chi connectivity index (χ1n) is 10.9. The molecular weight excluding hydrogens is 350 g/mol. The van der Waals surface area contributed by atoms with Crippen molar-refractivity contribution in [3.05, 3.63) is 35.9 Å². The topological polar surface area (TPSA) is 70.6 Å². The lowest BCUT2D eigenvalue weighted by Crippen LogP contribution is -2.34. The highest BCUT2D eigenvalue weighted by molar-refractivity contribution is 5.86. The number of nitrogens with one attached hydrogen (secondary N) is 2. The van der Waals surface area contributed by atoms with Gasteiger partial charge in [-0.05, 0) is 12.0 Å². The van der Waals surface area contributed by atoms with E-state index in [1.165, 1.54) is 57.8 Å². The normalized spacial score (nSPS) is 10.9. The summed E-state index contributed by atoms with van der Waals surface area (Å²) >= 11 is 0. The number of hydrogen-bond donors (Lipinski definition) is 2. The van der Waals surface area contributed by atoms with Crippen LogP contribution in [0, 0.1) is 0 Å². The Kier molecular flexibility index (Phi) is 14.5. The van der Waals surface area contributed by atoms with Crippen LogP contribution in [0.4, 0.5) is 0 Å². The molecule has 0 fully saturated rings. The Bertz CT molecular complexity index is 558. The van der Waals surface area contributed by atoms with Gasteiger partial charge in [0.15, 0.2) is 0 Å². The summed E-state index contributed by atoms with van der Waals surface area (Å²) in [6, 6.07) is 9.51. The molecule has 0 aromatic heterocycles. The first-order chi connectivity index (χ1) is 13.7. The Labute approximate surface area is 170 Å². The van der Waals surface area contributed by atoms with Gasteiger partial charge >= 0.3 is 0 Å². The number of nitrogens with zero attached hydrogens (tertiary/aromatic N) is 1. The molecule has 5 nitrogen and oxygen atoms in total. The maximum absolute atomic E-state index is 11.8. The van der Waals surface area contributed by atoms with Crippen LogP contribution in [-0.2, 0) is 9.59 Å². The fourth-order valence-electron chi connectivity index (χ4n) is 2.97. The summed E-state index contributed by atoms with van der Waals surface area (Å²) in [6.07, 6.45) is 15.9. The fourth-order valence-corrected chi connectivity index (χ4v) is 2.97. The zero-order valence-corrected chi connectivity index (χ0v) is 17.4. The Morgan fingerprint density at radius 1 is 0.821 bits per heavy atom. The van der Waals surface area contributed by atoms with Crippen LogP contribution in [0.3, 0.4) is 0 Å². The molecule has 0 spiro atoms. The van der Waals surface area contributed by atoms with Crippen LogP contribution in [0.15, 0.2) is 35.4 Å². The van der Waals surface area contributed by atoms with Gasteiger partial charge in [0.25, 0.3) is 5.91 Å². The van der Waals surface area contributed by atoms with Crippen LogP contribution in [0.25, 0.3) is 0 Å². The van der Waals surface area contributed by atoms with E-state index in [1.807, 2.05) is 30.3 Å². The van der Waals surface area contributed by atoms with Gasteiger partial charge in [0.2, 0.25) is 5.91 Å². The van der Waals surface area contributed by atoms with E-state index in [4.69, 9.17) is 0 Å². The number of carbonyl (C=O) groups is 2. The van der Waals surface area contributed by atoms with Crippen molar-refractivity contribution in [2.24, 2.45) is 5.10 Å². The van der Waals surface area contributed by atoms with Crippen molar-refractivity contribution in [1.82, 2.24) is 10.7 Å². The molecule has 0 saturated heterocycles. The summed E-state index contributed by atoms with van der Waals surface area (Å²) in [5.74, 6) is -0.391. The number of hydrogen-bond acceptors (Lipinski definition) is 3. The fraction of sp³-hybridized carbons (Fsp3) is 0.609. The minimum absolute atomic E-state index is 0.0387. The van der Waals surface area contributed by atoms with E-state index < -0.39 is 0 Å². The molecule has 0 aliphatic rings. The van der Waals surface area contributed by atoms with Crippen molar-refractivity contribution >= 4 is 18.0 Å². The van der Waals surface area contributed by atoms with Crippen LogP contribution in [-0.4, -0.2) is 24.6 Å². The molecule has 0 bridgehead atoms. The van der Waals surface area contributed by atoms with Gasteiger partial charge in [0, 0.05) is 6.42 Å². The second-order valence-electron chi connectivity index (χ2n) is 7.27. The van der Waals surface area contributed by atoms with Crippen molar-refractivity contribution in [2.75, 3.05) is 6.54 Å². The summed E-state index contributed by atoms with van der Waals surface area (Å²) in [7, 11) is 0. The number of carbonyl (C=O) groups excluding carboxylic acids is 2. The Hall–Kier alpha value is -2.17. The van der Waals surface area contributed by atoms with Gasteiger partial charge in [0.05, 0.1) is 12.8 Å². The van der Waals surface area contributed by atoms with Crippen LogP contribution >= 0.6 is 0 Å². The number of benzene rings is 1. The Morgan fingerprint density at radius 3 is 2.00 bits per heavy atom. The van der Waals surface area contributed by atoms with E-state index in [9.17, 15) is 9.59 Å². The molecular formula is C23H37N3O2. The van der Waals surface area contributed by atoms with Gasteiger partial charge in [-0.2, -0.15) is 5.10 Å². The summed E-state index contributed by atoms with van der Waals surface area (Å²) in [4.78, 5) is 23.4. The summed E-state index contributed by atoms with van der Waals surface area (Å²) < 4.78 is 0. The molecule has 0 aliphatic carbocycles. The molecule has 28 heavy (non-hydrogen) atoms. The van der Waals surface area contributed by atoms with Crippen molar-refractivity contribution in [3.8, 4) is 0 Å². The second kappa shape index (κ2) is 17.0. The molecule has 1 rings (SSSR count). The maximum atomic E-state index is 11.8. The average molecular weight is 388 g/mol. The molecule has 1 aromatic carbocycles. The van der Waals surface area contributed by atoms with Crippen LogP contribution in [0.1, 0.15) is 89.5 Å².